The van der Waals surface area contributed by atoms with E-state index in [-0.39, 0.29) is 5.94 Å². The molecule has 0 spiro atoms. The van der Waals surface area contributed by atoms with Gasteiger partial charge in [0.2, 0.25) is 0 Å². The number of benzene rings is 1. The lowest BCUT2D eigenvalue weighted by molar-refractivity contribution is 0.552. The maximum atomic E-state index is 9.36. The van der Waals surface area contributed by atoms with Crippen molar-refractivity contribution in [1.82, 2.24) is 4.98 Å². The molecule has 0 fully saturated rings. The number of nitrogens with one attached hydrogen (secondary N) is 1. The lowest BCUT2D eigenvalue weighted by atomic mass is 9.62. The summed E-state index contributed by atoms with van der Waals surface area (Å²) in [6.07, 6.45) is 2.66. The predicted molar refractivity (Wildman–Crippen MR) is 63.8 cm³/mol. The molecule has 4 N–H and O–H groups in total. The first-order valence-electron chi connectivity index (χ1n) is 5.17. The SMILES string of the molecule is CB(O)[C@@H](N)Cc1c[nH]c2ccccc12. The Kier molecular flexibility index (Phi) is 2.80. The second-order valence-corrected chi connectivity index (χ2v) is 3.97. The van der Waals surface area contributed by atoms with Gasteiger partial charge in [0, 0.05) is 23.0 Å². The molecule has 78 valence electrons. The van der Waals surface area contributed by atoms with E-state index in [9.17, 15) is 5.02 Å². The molecule has 0 aliphatic carbocycles. The zero-order chi connectivity index (χ0) is 10.8. The van der Waals surface area contributed by atoms with E-state index in [4.69, 9.17) is 5.73 Å². The zero-order valence-electron chi connectivity index (χ0n) is 8.77. The molecule has 0 saturated carbocycles. The third-order valence-electron chi connectivity index (χ3n) is 2.75. The Morgan fingerprint density at radius 2 is 2.20 bits per heavy atom. The van der Waals surface area contributed by atoms with Crippen LogP contribution in [0, 0.1) is 0 Å². The fourth-order valence-electron chi connectivity index (χ4n) is 1.72. The van der Waals surface area contributed by atoms with Gasteiger partial charge in [-0.05, 0) is 18.1 Å². The van der Waals surface area contributed by atoms with E-state index in [1.54, 1.807) is 6.82 Å². The summed E-state index contributed by atoms with van der Waals surface area (Å²) in [5.41, 5.74) is 8.12. The Morgan fingerprint density at radius 3 is 2.93 bits per heavy atom. The number of rotatable bonds is 3. The van der Waals surface area contributed by atoms with E-state index in [1.807, 2.05) is 24.4 Å². The van der Waals surface area contributed by atoms with Crippen molar-refractivity contribution in [2.24, 2.45) is 5.73 Å². The van der Waals surface area contributed by atoms with Crippen LogP contribution in [-0.4, -0.2) is 22.9 Å². The van der Waals surface area contributed by atoms with Crippen molar-refractivity contribution < 1.29 is 5.02 Å². The Hall–Kier alpha value is -1.26. The first-order chi connectivity index (χ1) is 7.18. The van der Waals surface area contributed by atoms with E-state index in [0.717, 1.165) is 5.52 Å². The van der Waals surface area contributed by atoms with E-state index < -0.39 is 6.92 Å². The molecule has 1 aromatic heterocycles. The molecule has 1 atom stereocenters. The molecule has 0 radical (unpaired) electrons. The number of aromatic amines is 1. The first-order valence-corrected chi connectivity index (χ1v) is 5.17. The fraction of sp³-hybridized carbons (Fsp3) is 0.273. The normalized spacial score (nSPS) is 13.0. The average Bonchev–Trinajstić information content (AvgIpc) is 2.62. The Labute approximate surface area is 89.4 Å². The first kappa shape index (κ1) is 10.3. The lowest BCUT2D eigenvalue weighted by Gasteiger charge is -2.10. The van der Waals surface area contributed by atoms with Crippen LogP contribution in [0.2, 0.25) is 6.82 Å². The Morgan fingerprint density at radius 1 is 1.47 bits per heavy atom. The van der Waals surface area contributed by atoms with Crippen LogP contribution in [0.3, 0.4) is 0 Å². The van der Waals surface area contributed by atoms with Crippen LogP contribution in [0.4, 0.5) is 0 Å². The number of aromatic nitrogens is 1. The minimum Gasteiger partial charge on any atom is -0.449 e. The van der Waals surface area contributed by atoms with Gasteiger partial charge in [0.25, 0.3) is 0 Å². The number of hydrogen-bond donors (Lipinski definition) is 3. The summed E-state index contributed by atoms with van der Waals surface area (Å²) >= 11 is 0. The van der Waals surface area contributed by atoms with Crippen molar-refractivity contribution in [2.45, 2.75) is 19.2 Å². The molecule has 0 aliphatic rings. The van der Waals surface area contributed by atoms with Crippen molar-refractivity contribution in [3.8, 4) is 0 Å². The smallest absolute Gasteiger partial charge is 0.303 e. The van der Waals surface area contributed by atoms with Gasteiger partial charge in [-0.25, -0.2) is 0 Å². The van der Waals surface area contributed by atoms with Gasteiger partial charge in [-0.3, -0.25) is 0 Å². The summed E-state index contributed by atoms with van der Waals surface area (Å²) in [7, 11) is 0. The van der Waals surface area contributed by atoms with Gasteiger partial charge in [0.15, 0.2) is 0 Å². The van der Waals surface area contributed by atoms with Crippen LogP contribution < -0.4 is 5.73 Å². The number of H-pyrrole nitrogens is 1. The second kappa shape index (κ2) is 4.09. The predicted octanol–water partition coefficient (Wildman–Crippen LogP) is 1.19. The van der Waals surface area contributed by atoms with Crippen LogP contribution in [0.15, 0.2) is 30.5 Å². The molecule has 2 rings (SSSR count). The molecule has 4 heteroatoms. The van der Waals surface area contributed by atoms with Gasteiger partial charge < -0.3 is 15.7 Å². The highest BCUT2D eigenvalue weighted by Crippen LogP contribution is 2.18. The molecule has 0 unspecified atom stereocenters. The van der Waals surface area contributed by atoms with Crippen LogP contribution >= 0.6 is 0 Å². The van der Waals surface area contributed by atoms with E-state index in [2.05, 4.69) is 11.1 Å². The quantitative estimate of drug-likeness (QED) is 0.654. The Balaban J connectivity index is 2.29. The maximum Gasteiger partial charge on any atom is 0.303 e. The van der Waals surface area contributed by atoms with Crippen molar-refractivity contribution in [3.05, 3.63) is 36.0 Å². The van der Waals surface area contributed by atoms with Gasteiger partial charge in [-0.1, -0.05) is 25.0 Å². The topological polar surface area (TPSA) is 62.0 Å². The van der Waals surface area contributed by atoms with Crippen LogP contribution in [0.5, 0.6) is 0 Å². The van der Waals surface area contributed by atoms with Crippen LogP contribution in [-0.2, 0) is 6.42 Å². The highest BCUT2D eigenvalue weighted by molar-refractivity contribution is 6.50. The molecule has 15 heavy (non-hydrogen) atoms. The van der Waals surface area contributed by atoms with Gasteiger partial charge in [0.1, 0.15) is 0 Å². The number of hydrogen-bond acceptors (Lipinski definition) is 2. The van der Waals surface area contributed by atoms with Crippen molar-refractivity contribution in [1.29, 1.82) is 0 Å². The summed E-state index contributed by atoms with van der Waals surface area (Å²) in [5, 5.41) is 10.5. The monoisotopic (exact) mass is 202 g/mol. The molecule has 1 aromatic carbocycles. The zero-order valence-corrected chi connectivity index (χ0v) is 8.77. The summed E-state index contributed by atoms with van der Waals surface area (Å²) in [4.78, 5) is 3.20. The number of fused-ring (bicyclic) bond motifs is 1. The van der Waals surface area contributed by atoms with E-state index in [0.29, 0.717) is 6.42 Å². The van der Waals surface area contributed by atoms with Crippen LogP contribution in [0.25, 0.3) is 10.9 Å². The average molecular weight is 202 g/mol. The summed E-state index contributed by atoms with van der Waals surface area (Å²) < 4.78 is 0. The van der Waals surface area contributed by atoms with Crippen molar-refractivity contribution >= 4 is 17.8 Å². The number of para-hydroxylation sites is 1. The fourth-order valence-corrected chi connectivity index (χ4v) is 1.72. The van der Waals surface area contributed by atoms with Gasteiger partial charge in [0.05, 0.1) is 0 Å². The van der Waals surface area contributed by atoms with Crippen molar-refractivity contribution in [3.63, 3.8) is 0 Å². The van der Waals surface area contributed by atoms with Gasteiger partial charge in [-0.15, -0.1) is 0 Å². The van der Waals surface area contributed by atoms with Gasteiger partial charge >= 0.3 is 6.92 Å². The summed E-state index contributed by atoms with van der Waals surface area (Å²) in [6, 6.07) is 8.10. The minimum atomic E-state index is -0.473. The number of nitrogens with two attached hydrogens (primary N) is 1. The lowest BCUT2D eigenvalue weighted by Crippen LogP contribution is -2.38. The molecule has 0 bridgehead atoms. The highest BCUT2D eigenvalue weighted by atomic mass is 16.2. The molecule has 2 aromatic rings. The molecule has 0 amide bonds. The molecule has 3 nitrogen and oxygen atoms in total. The summed E-state index contributed by atoms with van der Waals surface area (Å²) in [5.74, 6) is -0.204. The third-order valence-corrected chi connectivity index (χ3v) is 2.75. The maximum absolute atomic E-state index is 9.36. The Bertz CT molecular complexity index is 453. The molecule has 0 saturated heterocycles. The third kappa shape index (κ3) is 2.06. The largest absolute Gasteiger partial charge is 0.449 e. The molecule has 1 heterocycles. The second-order valence-electron chi connectivity index (χ2n) is 3.97. The molecular weight excluding hydrogens is 187 g/mol. The standard InChI is InChI=1S/C11H15BN2O/c1-12(15)11(13)6-8-7-14-10-5-3-2-4-9(8)10/h2-5,7,11,14-15H,6,13H2,1H3/t11-/m0/s1. The molecule has 0 aliphatic heterocycles. The van der Waals surface area contributed by atoms with E-state index in [1.165, 1.54) is 10.9 Å². The van der Waals surface area contributed by atoms with Crippen molar-refractivity contribution in [2.75, 3.05) is 0 Å². The minimum absolute atomic E-state index is 0.204. The molecular formula is C11H15BN2O. The summed E-state index contributed by atoms with van der Waals surface area (Å²) in [6.45, 7) is 1.25. The van der Waals surface area contributed by atoms with Crippen LogP contribution in [0.1, 0.15) is 5.56 Å². The highest BCUT2D eigenvalue weighted by Gasteiger charge is 2.16. The van der Waals surface area contributed by atoms with E-state index >= 15 is 0 Å². The van der Waals surface area contributed by atoms with Gasteiger partial charge in [-0.2, -0.15) is 0 Å².